The molecule has 1 heterocycles. The first-order chi connectivity index (χ1) is 8.60. The van der Waals surface area contributed by atoms with Crippen molar-refractivity contribution in [2.75, 3.05) is 7.05 Å². The third-order valence-corrected chi connectivity index (χ3v) is 4.00. The quantitative estimate of drug-likeness (QED) is 0.941. The van der Waals surface area contributed by atoms with Gasteiger partial charge in [0.25, 0.3) is 0 Å². The molecule has 4 heteroatoms. The maximum absolute atomic E-state index is 4.21. The van der Waals surface area contributed by atoms with Crippen molar-refractivity contribution in [3.8, 4) is 0 Å². The van der Waals surface area contributed by atoms with Gasteiger partial charge in [-0.3, -0.25) is 4.68 Å². The predicted octanol–water partition coefficient (Wildman–Crippen LogP) is 2.99. The Morgan fingerprint density at radius 1 is 1.44 bits per heavy atom. The van der Waals surface area contributed by atoms with E-state index in [4.69, 9.17) is 0 Å². The second-order valence-electron chi connectivity index (χ2n) is 4.58. The van der Waals surface area contributed by atoms with E-state index < -0.39 is 0 Å². The molecule has 0 aliphatic carbocycles. The van der Waals surface area contributed by atoms with Gasteiger partial charge in [0, 0.05) is 23.8 Å². The summed E-state index contributed by atoms with van der Waals surface area (Å²) in [4.78, 5) is 0. The largest absolute Gasteiger partial charge is 0.313 e. The Bertz CT molecular complexity index is 534. The zero-order valence-corrected chi connectivity index (χ0v) is 12.5. The summed E-state index contributed by atoms with van der Waals surface area (Å²) in [6, 6.07) is 6.82. The number of hydrogen-bond acceptors (Lipinski definition) is 2. The molecule has 0 radical (unpaired) electrons. The molecule has 0 spiro atoms. The topological polar surface area (TPSA) is 29.9 Å². The zero-order chi connectivity index (χ0) is 13.1. The molecule has 0 aliphatic rings. The van der Waals surface area contributed by atoms with Crippen LogP contribution in [-0.2, 0) is 13.5 Å². The lowest BCUT2D eigenvalue weighted by Crippen LogP contribution is -2.18. The van der Waals surface area contributed by atoms with Crippen molar-refractivity contribution in [2.45, 2.75) is 19.4 Å². The van der Waals surface area contributed by atoms with Crippen LogP contribution in [0.3, 0.4) is 0 Å². The maximum Gasteiger partial charge on any atom is 0.0522 e. The molecular weight excluding hydrogens is 290 g/mol. The highest BCUT2D eigenvalue weighted by Crippen LogP contribution is 2.24. The normalized spacial score (nSPS) is 12.7. The highest BCUT2D eigenvalue weighted by Gasteiger charge is 2.12. The highest BCUT2D eigenvalue weighted by molar-refractivity contribution is 9.10. The van der Waals surface area contributed by atoms with Gasteiger partial charge in [-0.1, -0.05) is 28.1 Å². The summed E-state index contributed by atoms with van der Waals surface area (Å²) in [6.45, 7) is 2.10. The first-order valence-electron chi connectivity index (χ1n) is 6.01. The Hall–Kier alpha value is -1.13. The van der Waals surface area contributed by atoms with Gasteiger partial charge in [-0.05, 0) is 43.1 Å². The van der Waals surface area contributed by atoms with Crippen LogP contribution in [0, 0.1) is 6.92 Å². The fraction of sp³-hybridized carbons (Fsp3) is 0.357. The Labute approximate surface area is 116 Å². The van der Waals surface area contributed by atoms with Gasteiger partial charge >= 0.3 is 0 Å². The highest BCUT2D eigenvalue weighted by atomic mass is 79.9. The lowest BCUT2D eigenvalue weighted by atomic mass is 10.00. The van der Waals surface area contributed by atoms with Crippen LogP contribution in [-0.4, -0.2) is 16.8 Å². The minimum absolute atomic E-state index is 0.311. The molecule has 1 unspecified atom stereocenters. The van der Waals surface area contributed by atoms with Crippen molar-refractivity contribution in [1.82, 2.24) is 15.1 Å². The molecule has 1 atom stereocenters. The molecule has 1 aromatic carbocycles. The second-order valence-corrected chi connectivity index (χ2v) is 5.43. The van der Waals surface area contributed by atoms with E-state index in [1.807, 2.05) is 25.0 Å². The summed E-state index contributed by atoms with van der Waals surface area (Å²) in [5.41, 5.74) is 3.79. The van der Waals surface area contributed by atoms with Gasteiger partial charge in [-0.15, -0.1) is 0 Å². The molecule has 0 saturated heterocycles. The molecule has 18 heavy (non-hydrogen) atoms. The Morgan fingerprint density at radius 3 is 2.78 bits per heavy atom. The van der Waals surface area contributed by atoms with E-state index in [1.165, 1.54) is 16.7 Å². The van der Waals surface area contributed by atoms with Crippen LogP contribution in [0.4, 0.5) is 0 Å². The van der Waals surface area contributed by atoms with Crippen LogP contribution in [0.25, 0.3) is 0 Å². The minimum atomic E-state index is 0.311. The van der Waals surface area contributed by atoms with Crippen LogP contribution in [0.15, 0.2) is 35.1 Å². The van der Waals surface area contributed by atoms with Gasteiger partial charge in [0.05, 0.1) is 6.20 Å². The van der Waals surface area contributed by atoms with E-state index in [0.717, 1.165) is 10.9 Å². The molecule has 2 rings (SSSR count). The third kappa shape index (κ3) is 3.00. The Balaban J connectivity index is 2.19. The molecule has 1 aromatic heterocycles. The van der Waals surface area contributed by atoms with Crippen molar-refractivity contribution in [2.24, 2.45) is 7.05 Å². The number of benzene rings is 1. The number of aryl methyl sites for hydroxylation is 2. The smallest absolute Gasteiger partial charge is 0.0522 e. The summed E-state index contributed by atoms with van der Waals surface area (Å²) < 4.78 is 3.00. The molecule has 0 fully saturated rings. The molecule has 0 bridgehead atoms. The van der Waals surface area contributed by atoms with Gasteiger partial charge in [0.2, 0.25) is 0 Å². The zero-order valence-electron chi connectivity index (χ0n) is 10.9. The van der Waals surface area contributed by atoms with E-state index in [0.29, 0.717) is 6.04 Å². The van der Waals surface area contributed by atoms with Crippen molar-refractivity contribution < 1.29 is 0 Å². The average Bonchev–Trinajstić information content (AvgIpc) is 2.75. The van der Waals surface area contributed by atoms with Gasteiger partial charge in [0.15, 0.2) is 0 Å². The van der Waals surface area contributed by atoms with E-state index in [1.54, 1.807) is 0 Å². The first kappa shape index (κ1) is 13.3. The lowest BCUT2D eigenvalue weighted by Gasteiger charge is -2.16. The first-order valence-corrected chi connectivity index (χ1v) is 6.80. The standard InChI is InChI=1S/C14H18BrN3/c1-10-4-5-12(7-13(10)15)14(16-2)6-11-8-17-18(3)9-11/h4-5,7-9,14,16H,6H2,1-3H3. The van der Waals surface area contributed by atoms with Crippen LogP contribution in [0.1, 0.15) is 22.7 Å². The number of nitrogens with zero attached hydrogens (tertiary/aromatic N) is 2. The molecular formula is C14H18BrN3. The maximum atomic E-state index is 4.21. The molecule has 0 saturated carbocycles. The summed E-state index contributed by atoms with van der Waals surface area (Å²) in [5.74, 6) is 0. The van der Waals surface area contributed by atoms with Crippen molar-refractivity contribution >= 4 is 15.9 Å². The number of nitrogens with one attached hydrogen (secondary N) is 1. The van der Waals surface area contributed by atoms with E-state index in [-0.39, 0.29) is 0 Å². The summed E-state index contributed by atoms with van der Waals surface area (Å²) in [6.07, 6.45) is 4.93. The Kier molecular flexibility index (Phi) is 4.19. The SMILES string of the molecule is CNC(Cc1cnn(C)c1)c1ccc(C)c(Br)c1. The fourth-order valence-corrected chi connectivity index (χ4v) is 2.42. The summed E-state index contributed by atoms with van der Waals surface area (Å²) in [7, 11) is 3.94. The van der Waals surface area contributed by atoms with Crippen molar-refractivity contribution in [3.05, 3.63) is 51.8 Å². The number of likely N-dealkylation sites (N-methyl/N-ethyl adjacent to an activating group) is 1. The van der Waals surface area contributed by atoms with Gasteiger partial charge in [-0.25, -0.2) is 0 Å². The number of halogens is 1. The Morgan fingerprint density at radius 2 is 2.22 bits per heavy atom. The predicted molar refractivity (Wildman–Crippen MR) is 77.6 cm³/mol. The number of aromatic nitrogens is 2. The molecule has 3 nitrogen and oxygen atoms in total. The molecule has 0 aliphatic heterocycles. The summed E-state index contributed by atoms with van der Waals surface area (Å²) in [5, 5.41) is 7.57. The van der Waals surface area contributed by atoms with E-state index >= 15 is 0 Å². The minimum Gasteiger partial charge on any atom is -0.313 e. The van der Waals surface area contributed by atoms with Gasteiger partial charge in [-0.2, -0.15) is 5.10 Å². The average molecular weight is 308 g/mol. The van der Waals surface area contributed by atoms with Crippen LogP contribution in [0.5, 0.6) is 0 Å². The monoisotopic (exact) mass is 307 g/mol. The molecule has 96 valence electrons. The van der Waals surface area contributed by atoms with E-state index in [2.05, 4.69) is 57.7 Å². The third-order valence-electron chi connectivity index (χ3n) is 3.14. The summed E-state index contributed by atoms with van der Waals surface area (Å²) >= 11 is 3.59. The fourth-order valence-electron chi connectivity index (χ4n) is 2.03. The van der Waals surface area contributed by atoms with Gasteiger partial charge in [0.1, 0.15) is 0 Å². The van der Waals surface area contributed by atoms with E-state index in [9.17, 15) is 0 Å². The van der Waals surface area contributed by atoms with Gasteiger partial charge < -0.3 is 5.32 Å². The molecule has 0 amide bonds. The molecule has 2 aromatic rings. The molecule has 1 N–H and O–H groups in total. The second kappa shape index (κ2) is 5.67. The number of hydrogen-bond donors (Lipinski definition) is 1. The lowest BCUT2D eigenvalue weighted by molar-refractivity contribution is 0.591. The van der Waals surface area contributed by atoms with Crippen LogP contribution >= 0.6 is 15.9 Å². The van der Waals surface area contributed by atoms with Crippen LogP contribution < -0.4 is 5.32 Å². The number of rotatable bonds is 4. The van der Waals surface area contributed by atoms with Crippen molar-refractivity contribution in [3.63, 3.8) is 0 Å². The van der Waals surface area contributed by atoms with Crippen molar-refractivity contribution in [1.29, 1.82) is 0 Å². The van der Waals surface area contributed by atoms with Crippen LogP contribution in [0.2, 0.25) is 0 Å².